The highest BCUT2D eigenvalue weighted by Gasteiger charge is 2.24. The molecular formula is C16H24N4O2. The van der Waals surface area contributed by atoms with Crippen LogP contribution in [0.4, 0.5) is 5.82 Å². The lowest BCUT2D eigenvalue weighted by atomic mass is 10.0. The number of piperidine rings is 1. The molecule has 0 saturated carbocycles. The van der Waals surface area contributed by atoms with E-state index in [4.69, 9.17) is 5.11 Å². The maximum Gasteiger partial charge on any atom is 0.354 e. The van der Waals surface area contributed by atoms with Gasteiger partial charge in [-0.3, -0.25) is 4.90 Å². The van der Waals surface area contributed by atoms with E-state index in [0.29, 0.717) is 6.04 Å². The van der Waals surface area contributed by atoms with E-state index in [-0.39, 0.29) is 5.69 Å². The van der Waals surface area contributed by atoms with E-state index >= 15 is 0 Å². The SMILES string of the molecule is O=C(O)c1cccc(N2CCCN(C3CCNCC3)CC2)n1. The first kappa shape index (κ1) is 15.2. The van der Waals surface area contributed by atoms with Crippen LogP contribution in [0, 0.1) is 0 Å². The second-order valence-corrected chi connectivity index (χ2v) is 6.04. The van der Waals surface area contributed by atoms with Crippen LogP contribution >= 0.6 is 0 Å². The Hall–Kier alpha value is -1.66. The number of anilines is 1. The number of carboxylic acid groups (broad SMARTS) is 1. The van der Waals surface area contributed by atoms with Crippen molar-refractivity contribution in [3.63, 3.8) is 0 Å². The summed E-state index contributed by atoms with van der Waals surface area (Å²) in [6.07, 6.45) is 3.56. The lowest BCUT2D eigenvalue weighted by Crippen LogP contribution is -2.44. The molecule has 6 heteroatoms. The summed E-state index contributed by atoms with van der Waals surface area (Å²) in [7, 11) is 0. The molecular weight excluding hydrogens is 280 g/mol. The summed E-state index contributed by atoms with van der Waals surface area (Å²) >= 11 is 0. The van der Waals surface area contributed by atoms with E-state index in [0.717, 1.165) is 51.5 Å². The van der Waals surface area contributed by atoms with Crippen molar-refractivity contribution in [3.8, 4) is 0 Å². The summed E-state index contributed by atoms with van der Waals surface area (Å²) < 4.78 is 0. The maximum absolute atomic E-state index is 11.1. The van der Waals surface area contributed by atoms with Crippen molar-refractivity contribution >= 4 is 11.8 Å². The molecule has 0 unspecified atom stereocenters. The summed E-state index contributed by atoms with van der Waals surface area (Å²) in [5, 5.41) is 12.5. The van der Waals surface area contributed by atoms with Crippen LogP contribution in [-0.2, 0) is 0 Å². The molecule has 2 fully saturated rings. The number of nitrogens with zero attached hydrogens (tertiary/aromatic N) is 3. The first-order chi connectivity index (χ1) is 10.7. The molecule has 0 atom stereocenters. The Balaban J connectivity index is 1.64. The van der Waals surface area contributed by atoms with Gasteiger partial charge in [0.05, 0.1) is 0 Å². The molecule has 120 valence electrons. The maximum atomic E-state index is 11.1. The van der Waals surface area contributed by atoms with Crippen molar-refractivity contribution in [2.45, 2.75) is 25.3 Å². The van der Waals surface area contributed by atoms with Crippen molar-refractivity contribution in [2.24, 2.45) is 0 Å². The Morgan fingerprint density at radius 3 is 2.77 bits per heavy atom. The fraction of sp³-hybridized carbons (Fsp3) is 0.625. The zero-order valence-corrected chi connectivity index (χ0v) is 12.9. The highest BCUT2D eigenvalue weighted by molar-refractivity contribution is 5.85. The molecule has 0 bridgehead atoms. The molecule has 1 aromatic rings. The fourth-order valence-corrected chi connectivity index (χ4v) is 3.42. The van der Waals surface area contributed by atoms with Gasteiger partial charge in [-0.2, -0.15) is 0 Å². The summed E-state index contributed by atoms with van der Waals surface area (Å²) in [4.78, 5) is 20.2. The third-order valence-electron chi connectivity index (χ3n) is 4.63. The van der Waals surface area contributed by atoms with E-state index in [1.54, 1.807) is 12.1 Å². The average molecular weight is 304 g/mol. The Bertz CT molecular complexity index is 517. The number of aromatic nitrogens is 1. The molecule has 3 heterocycles. The van der Waals surface area contributed by atoms with Crippen molar-refractivity contribution in [1.29, 1.82) is 0 Å². The van der Waals surface area contributed by atoms with Crippen LogP contribution in [0.25, 0.3) is 0 Å². The quantitative estimate of drug-likeness (QED) is 0.870. The van der Waals surface area contributed by atoms with Gasteiger partial charge in [-0.1, -0.05) is 6.07 Å². The molecule has 0 radical (unpaired) electrons. The topological polar surface area (TPSA) is 68.7 Å². The van der Waals surface area contributed by atoms with E-state index < -0.39 is 5.97 Å². The van der Waals surface area contributed by atoms with Crippen molar-refractivity contribution in [1.82, 2.24) is 15.2 Å². The highest BCUT2D eigenvalue weighted by Crippen LogP contribution is 2.18. The molecule has 1 aromatic heterocycles. The van der Waals surface area contributed by atoms with E-state index in [1.165, 1.54) is 12.8 Å². The average Bonchev–Trinajstić information content (AvgIpc) is 2.82. The molecule has 6 nitrogen and oxygen atoms in total. The number of nitrogens with one attached hydrogen (secondary N) is 1. The van der Waals surface area contributed by atoms with Crippen LogP contribution in [0.5, 0.6) is 0 Å². The van der Waals surface area contributed by atoms with Gasteiger partial charge >= 0.3 is 5.97 Å². The molecule has 0 aliphatic carbocycles. The molecule has 2 aliphatic heterocycles. The highest BCUT2D eigenvalue weighted by atomic mass is 16.4. The number of pyridine rings is 1. The fourth-order valence-electron chi connectivity index (χ4n) is 3.42. The lowest BCUT2D eigenvalue weighted by molar-refractivity contribution is 0.0690. The zero-order valence-electron chi connectivity index (χ0n) is 12.9. The molecule has 0 spiro atoms. The number of hydrogen-bond donors (Lipinski definition) is 2. The number of rotatable bonds is 3. The zero-order chi connectivity index (χ0) is 15.4. The monoisotopic (exact) mass is 304 g/mol. The molecule has 2 aliphatic rings. The van der Waals surface area contributed by atoms with E-state index in [9.17, 15) is 4.79 Å². The summed E-state index contributed by atoms with van der Waals surface area (Å²) in [6, 6.07) is 5.93. The predicted octanol–water partition coefficient (Wildman–Crippen LogP) is 1.04. The van der Waals surface area contributed by atoms with Crippen LogP contribution in [-0.4, -0.2) is 66.3 Å². The third-order valence-corrected chi connectivity index (χ3v) is 4.63. The number of aromatic carboxylic acids is 1. The second kappa shape index (κ2) is 7.07. The predicted molar refractivity (Wildman–Crippen MR) is 85.5 cm³/mol. The minimum atomic E-state index is -0.965. The van der Waals surface area contributed by atoms with Crippen molar-refractivity contribution in [3.05, 3.63) is 23.9 Å². The Kier molecular flexibility index (Phi) is 4.90. The van der Waals surface area contributed by atoms with E-state index in [2.05, 4.69) is 20.1 Å². The van der Waals surface area contributed by atoms with Crippen LogP contribution < -0.4 is 10.2 Å². The van der Waals surface area contributed by atoms with Gasteiger partial charge in [0.15, 0.2) is 5.69 Å². The molecule has 2 saturated heterocycles. The smallest absolute Gasteiger partial charge is 0.354 e. The van der Waals surface area contributed by atoms with Crippen LogP contribution in [0.15, 0.2) is 18.2 Å². The number of carbonyl (C=O) groups is 1. The van der Waals surface area contributed by atoms with Gasteiger partial charge in [-0.15, -0.1) is 0 Å². The first-order valence-electron chi connectivity index (χ1n) is 8.14. The van der Waals surface area contributed by atoms with Gasteiger partial charge in [0.1, 0.15) is 5.82 Å². The molecule has 22 heavy (non-hydrogen) atoms. The van der Waals surface area contributed by atoms with Crippen LogP contribution in [0.2, 0.25) is 0 Å². The third kappa shape index (κ3) is 3.56. The number of hydrogen-bond acceptors (Lipinski definition) is 5. The minimum Gasteiger partial charge on any atom is -0.477 e. The van der Waals surface area contributed by atoms with Gasteiger partial charge in [0.25, 0.3) is 0 Å². The molecule has 0 aromatic carbocycles. The largest absolute Gasteiger partial charge is 0.477 e. The Morgan fingerprint density at radius 2 is 2.00 bits per heavy atom. The number of carboxylic acids is 1. The van der Waals surface area contributed by atoms with Gasteiger partial charge in [-0.05, 0) is 44.5 Å². The van der Waals surface area contributed by atoms with Gasteiger partial charge in [0.2, 0.25) is 0 Å². The Morgan fingerprint density at radius 1 is 1.18 bits per heavy atom. The van der Waals surface area contributed by atoms with Gasteiger partial charge in [-0.25, -0.2) is 9.78 Å². The summed E-state index contributed by atoms with van der Waals surface area (Å²) in [6.45, 7) is 6.25. The molecule has 2 N–H and O–H groups in total. The minimum absolute atomic E-state index is 0.122. The van der Waals surface area contributed by atoms with E-state index in [1.807, 2.05) is 6.07 Å². The first-order valence-corrected chi connectivity index (χ1v) is 8.14. The van der Waals surface area contributed by atoms with Crippen LogP contribution in [0.3, 0.4) is 0 Å². The van der Waals surface area contributed by atoms with Gasteiger partial charge in [0, 0.05) is 32.2 Å². The normalized spacial score (nSPS) is 21.5. The Labute approximate surface area is 131 Å². The van der Waals surface area contributed by atoms with Crippen LogP contribution in [0.1, 0.15) is 29.8 Å². The molecule has 0 amide bonds. The summed E-state index contributed by atoms with van der Waals surface area (Å²) in [5.74, 6) is -0.180. The summed E-state index contributed by atoms with van der Waals surface area (Å²) in [5.41, 5.74) is 0.122. The standard InChI is InChI=1S/C16H24N4O2/c21-16(22)14-3-1-4-15(18-14)20-10-2-9-19(11-12-20)13-5-7-17-8-6-13/h1,3-4,13,17H,2,5-12H2,(H,21,22). The lowest BCUT2D eigenvalue weighted by Gasteiger charge is -2.33. The van der Waals surface area contributed by atoms with Crippen molar-refractivity contribution < 1.29 is 9.90 Å². The molecule has 3 rings (SSSR count). The van der Waals surface area contributed by atoms with Gasteiger partial charge < -0.3 is 15.3 Å². The van der Waals surface area contributed by atoms with Crippen molar-refractivity contribution in [2.75, 3.05) is 44.2 Å². The second-order valence-electron chi connectivity index (χ2n) is 6.04.